The molecular formula is C15H25ClN2O2S. The van der Waals surface area contributed by atoms with Crippen LogP contribution in [0.3, 0.4) is 0 Å². The predicted molar refractivity (Wildman–Crippen MR) is 88.3 cm³/mol. The second kappa shape index (κ2) is 7.58. The SMILES string of the molecule is CC(C)c1ccc(S(=O)(=O)N2CCCC(CN)C2)cc1.Cl. The molecule has 0 aliphatic carbocycles. The van der Waals surface area contributed by atoms with Crippen molar-refractivity contribution in [3.8, 4) is 0 Å². The second-order valence-corrected chi connectivity index (χ2v) is 7.77. The molecule has 0 amide bonds. The maximum absolute atomic E-state index is 12.6. The topological polar surface area (TPSA) is 63.4 Å². The molecule has 1 heterocycles. The van der Waals surface area contributed by atoms with Crippen molar-refractivity contribution in [3.05, 3.63) is 29.8 Å². The molecule has 1 unspecified atom stereocenters. The van der Waals surface area contributed by atoms with E-state index in [2.05, 4.69) is 13.8 Å². The Morgan fingerprint density at radius 3 is 2.43 bits per heavy atom. The van der Waals surface area contributed by atoms with Gasteiger partial charge in [-0.05, 0) is 48.9 Å². The van der Waals surface area contributed by atoms with E-state index in [0.29, 0.717) is 30.4 Å². The van der Waals surface area contributed by atoms with Gasteiger partial charge in [-0.3, -0.25) is 0 Å². The van der Waals surface area contributed by atoms with Gasteiger partial charge in [-0.2, -0.15) is 4.31 Å². The summed E-state index contributed by atoms with van der Waals surface area (Å²) in [7, 11) is -3.37. The largest absolute Gasteiger partial charge is 0.330 e. The first-order chi connectivity index (χ1) is 9.45. The third kappa shape index (κ3) is 4.19. The first-order valence-corrected chi connectivity index (χ1v) is 8.69. The number of sulfonamides is 1. The number of nitrogens with zero attached hydrogens (tertiary/aromatic N) is 1. The molecule has 1 aromatic carbocycles. The highest BCUT2D eigenvalue weighted by Gasteiger charge is 2.29. The Bertz CT molecular complexity index is 543. The Balaban J connectivity index is 0.00000220. The highest BCUT2D eigenvalue weighted by atomic mass is 35.5. The minimum absolute atomic E-state index is 0. The Hall–Kier alpha value is -0.620. The van der Waals surface area contributed by atoms with Crippen molar-refractivity contribution in [1.29, 1.82) is 0 Å². The fourth-order valence-corrected chi connectivity index (χ4v) is 4.17. The van der Waals surface area contributed by atoms with Crippen LogP contribution in [0.4, 0.5) is 0 Å². The molecule has 120 valence electrons. The van der Waals surface area contributed by atoms with Crippen molar-refractivity contribution in [3.63, 3.8) is 0 Å². The molecule has 1 aliphatic heterocycles. The predicted octanol–water partition coefficient (Wildman–Crippen LogP) is 2.59. The van der Waals surface area contributed by atoms with E-state index in [9.17, 15) is 8.42 Å². The maximum Gasteiger partial charge on any atom is 0.243 e. The Morgan fingerprint density at radius 1 is 1.29 bits per heavy atom. The number of piperidine rings is 1. The minimum Gasteiger partial charge on any atom is -0.330 e. The summed E-state index contributed by atoms with van der Waals surface area (Å²) in [5.41, 5.74) is 6.83. The summed E-state index contributed by atoms with van der Waals surface area (Å²) < 4.78 is 26.8. The molecule has 1 saturated heterocycles. The third-order valence-electron chi connectivity index (χ3n) is 4.00. The molecule has 0 aromatic heterocycles. The van der Waals surface area contributed by atoms with E-state index >= 15 is 0 Å². The highest BCUT2D eigenvalue weighted by Crippen LogP contribution is 2.24. The molecule has 1 aromatic rings. The number of benzene rings is 1. The zero-order valence-electron chi connectivity index (χ0n) is 12.7. The normalized spacial score (nSPS) is 20.3. The van der Waals surface area contributed by atoms with Crippen LogP contribution in [0.5, 0.6) is 0 Å². The summed E-state index contributed by atoms with van der Waals surface area (Å²) in [5.74, 6) is 0.692. The number of nitrogens with two attached hydrogens (primary N) is 1. The van der Waals surface area contributed by atoms with Gasteiger partial charge in [0.2, 0.25) is 10.0 Å². The molecule has 6 heteroatoms. The zero-order chi connectivity index (χ0) is 14.8. The Morgan fingerprint density at radius 2 is 1.90 bits per heavy atom. The lowest BCUT2D eigenvalue weighted by Crippen LogP contribution is -2.41. The average molecular weight is 333 g/mol. The van der Waals surface area contributed by atoms with Crippen LogP contribution in [-0.2, 0) is 10.0 Å². The van der Waals surface area contributed by atoms with Crippen LogP contribution in [-0.4, -0.2) is 32.4 Å². The molecule has 4 nitrogen and oxygen atoms in total. The van der Waals surface area contributed by atoms with Crippen LogP contribution in [0.2, 0.25) is 0 Å². The van der Waals surface area contributed by atoms with Crippen LogP contribution in [0.15, 0.2) is 29.2 Å². The van der Waals surface area contributed by atoms with Crippen molar-refractivity contribution in [1.82, 2.24) is 4.31 Å². The number of halogens is 1. The van der Waals surface area contributed by atoms with Gasteiger partial charge in [0.05, 0.1) is 4.90 Å². The summed E-state index contributed by atoms with van der Waals surface area (Å²) in [4.78, 5) is 0.388. The van der Waals surface area contributed by atoms with Gasteiger partial charge in [0.15, 0.2) is 0 Å². The molecule has 21 heavy (non-hydrogen) atoms. The molecule has 1 fully saturated rings. The van der Waals surface area contributed by atoms with Gasteiger partial charge in [-0.25, -0.2) is 8.42 Å². The van der Waals surface area contributed by atoms with Crippen molar-refractivity contribution in [2.24, 2.45) is 11.7 Å². The van der Waals surface area contributed by atoms with E-state index in [-0.39, 0.29) is 18.3 Å². The molecule has 0 bridgehead atoms. The quantitative estimate of drug-likeness (QED) is 0.921. The molecule has 0 radical (unpaired) electrons. The zero-order valence-corrected chi connectivity index (χ0v) is 14.3. The summed E-state index contributed by atoms with van der Waals surface area (Å²) in [6, 6.07) is 7.25. The molecule has 1 atom stereocenters. The first kappa shape index (κ1) is 18.4. The second-order valence-electron chi connectivity index (χ2n) is 5.83. The van der Waals surface area contributed by atoms with Crippen LogP contribution in [0.1, 0.15) is 38.2 Å². The number of hydrogen-bond acceptors (Lipinski definition) is 3. The van der Waals surface area contributed by atoms with Crippen molar-refractivity contribution < 1.29 is 8.42 Å². The molecule has 2 rings (SSSR count). The molecule has 0 saturated carbocycles. The van der Waals surface area contributed by atoms with Gasteiger partial charge in [-0.1, -0.05) is 26.0 Å². The van der Waals surface area contributed by atoms with Crippen molar-refractivity contribution >= 4 is 22.4 Å². The standard InChI is InChI=1S/C15H24N2O2S.ClH/c1-12(2)14-5-7-15(8-6-14)20(18,19)17-9-3-4-13(10-16)11-17;/h5-8,12-13H,3-4,9-11,16H2,1-2H3;1H. The summed E-state index contributed by atoms with van der Waals surface area (Å²) in [6.45, 7) is 5.90. The van der Waals surface area contributed by atoms with Gasteiger partial charge in [0.25, 0.3) is 0 Å². The van der Waals surface area contributed by atoms with Crippen molar-refractivity contribution in [2.75, 3.05) is 19.6 Å². The van der Waals surface area contributed by atoms with E-state index in [1.54, 1.807) is 16.4 Å². The van der Waals surface area contributed by atoms with Crippen molar-refractivity contribution in [2.45, 2.75) is 37.5 Å². The molecule has 0 spiro atoms. The van der Waals surface area contributed by atoms with Gasteiger partial charge in [0.1, 0.15) is 0 Å². The minimum atomic E-state index is -3.37. The van der Waals surface area contributed by atoms with E-state index < -0.39 is 10.0 Å². The van der Waals surface area contributed by atoms with E-state index in [4.69, 9.17) is 5.73 Å². The Kier molecular flexibility index (Phi) is 6.66. The molecular weight excluding hydrogens is 308 g/mol. The Labute approximate surface area is 134 Å². The fraction of sp³-hybridized carbons (Fsp3) is 0.600. The maximum atomic E-state index is 12.6. The third-order valence-corrected chi connectivity index (χ3v) is 5.88. The van der Waals surface area contributed by atoms with E-state index in [0.717, 1.165) is 18.4 Å². The number of rotatable bonds is 4. The van der Waals surface area contributed by atoms with Gasteiger partial charge in [0, 0.05) is 13.1 Å². The average Bonchev–Trinajstić information content (AvgIpc) is 2.47. The number of hydrogen-bond donors (Lipinski definition) is 1. The van der Waals surface area contributed by atoms with E-state index in [1.807, 2.05) is 12.1 Å². The van der Waals surface area contributed by atoms with Gasteiger partial charge >= 0.3 is 0 Å². The van der Waals surface area contributed by atoms with Gasteiger partial charge < -0.3 is 5.73 Å². The van der Waals surface area contributed by atoms with Gasteiger partial charge in [-0.15, -0.1) is 12.4 Å². The lowest BCUT2D eigenvalue weighted by Gasteiger charge is -2.31. The lowest BCUT2D eigenvalue weighted by molar-refractivity contribution is 0.271. The van der Waals surface area contributed by atoms with Crippen LogP contribution in [0, 0.1) is 5.92 Å². The van der Waals surface area contributed by atoms with E-state index in [1.165, 1.54) is 0 Å². The smallest absolute Gasteiger partial charge is 0.243 e. The molecule has 1 aliphatic rings. The summed E-state index contributed by atoms with van der Waals surface area (Å²) in [5, 5.41) is 0. The van der Waals surface area contributed by atoms with Crippen LogP contribution >= 0.6 is 12.4 Å². The lowest BCUT2D eigenvalue weighted by atomic mass is 10.0. The summed E-state index contributed by atoms with van der Waals surface area (Å²) >= 11 is 0. The highest BCUT2D eigenvalue weighted by molar-refractivity contribution is 7.89. The molecule has 2 N–H and O–H groups in total. The van der Waals surface area contributed by atoms with Crippen LogP contribution in [0.25, 0.3) is 0 Å². The first-order valence-electron chi connectivity index (χ1n) is 7.25. The fourth-order valence-electron chi connectivity index (χ4n) is 2.61. The monoisotopic (exact) mass is 332 g/mol. The van der Waals surface area contributed by atoms with Crippen LogP contribution < -0.4 is 5.73 Å². The summed E-state index contributed by atoms with van der Waals surface area (Å²) in [6.07, 6.45) is 1.92.